The SMILES string of the molecule is CC[C@@H](C)n1ncc(C(=O)OCc2ccc(OC)c(OC)c2)c1C1CC1. The zero-order chi connectivity index (χ0) is 18.7. The van der Waals surface area contributed by atoms with E-state index in [2.05, 4.69) is 18.9 Å². The highest BCUT2D eigenvalue weighted by Gasteiger charge is 2.33. The normalized spacial score (nSPS) is 14.8. The summed E-state index contributed by atoms with van der Waals surface area (Å²) in [6, 6.07) is 5.76. The average molecular weight is 358 g/mol. The third-order valence-corrected chi connectivity index (χ3v) is 4.84. The van der Waals surface area contributed by atoms with Gasteiger partial charge in [-0.05, 0) is 43.9 Å². The Morgan fingerprint density at radius 3 is 2.62 bits per heavy atom. The van der Waals surface area contributed by atoms with Gasteiger partial charge in [-0.3, -0.25) is 4.68 Å². The Balaban J connectivity index is 1.74. The van der Waals surface area contributed by atoms with Crippen LogP contribution in [0.4, 0.5) is 0 Å². The number of hydrogen-bond donors (Lipinski definition) is 0. The van der Waals surface area contributed by atoms with Gasteiger partial charge in [0, 0.05) is 12.0 Å². The Bertz CT molecular complexity index is 780. The fraction of sp³-hybridized carbons (Fsp3) is 0.500. The van der Waals surface area contributed by atoms with Gasteiger partial charge in [0.25, 0.3) is 0 Å². The van der Waals surface area contributed by atoms with Crippen molar-refractivity contribution in [2.45, 2.75) is 51.7 Å². The highest BCUT2D eigenvalue weighted by molar-refractivity contribution is 5.90. The van der Waals surface area contributed by atoms with Crippen molar-refractivity contribution >= 4 is 5.97 Å². The predicted molar refractivity (Wildman–Crippen MR) is 97.9 cm³/mol. The molecule has 0 amide bonds. The molecule has 0 radical (unpaired) electrons. The Kier molecular flexibility index (Phi) is 5.49. The van der Waals surface area contributed by atoms with Crippen LogP contribution in [0.25, 0.3) is 0 Å². The summed E-state index contributed by atoms with van der Waals surface area (Å²) in [5.74, 6) is 1.36. The first-order chi connectivity index (χ1) is 12.6. The molecule has 0 unspecified atom stereocenters. The number of carbonyl (C=O) groups excluding carboxylic acids is 1. The first-order valence-corrected chi connectivity index (χ1v) is 9.04. The number of methoxy groups -OCH3 is 2. The van der Waals surface area contributed by atoms with E-state index in [1.165, 1.54) is 0 Å². The lowest BCUT2D eigenvalue weighted by atomic mass is 10.1. The Labute approximate surface area is 154 Å². The first kappa shape index (κ1) is 18.3. The zero-order valence-electron chi connectivity index (χ0n) is 15.8. The van der Waals surface area contributed by atoms with Gasteiger partial charge in [0.15, 0.2) is 11.5 Å². The average Bonchev–Trinajstić information content (AvgIpc) is 3.42. The van der Waals surface area contributed by atoms with E-state index in [0.717, 1.165) is 30.5 Å². The van der Waals surface area contributed by atoms with Gasteiger partial charge in [0.1, 0.15) is 12.2 Å². The number of hydrogen-bond acceptors (Lipinski definition) is 5. The number of ether oxygens (including phenoxy) is 3. The summed E-state index contributed by atoms with van der Waals surface area (Å²) in [4.78, 5) is 12.6. The van der Waals surface area contributed by atoms with E-state index < -0.39 is 0 Å². The van der Waals surface area contributed by atoms with Crippen molar-refractivity contribution < 1.29 is 19.0 Å². The number of nitrogens with zero attached hydrogens (tertiary/aromatic N) is 2. The lowest BCUT2D eigenvalue weighted by Gasteiger charge is -2.14. The van der Waals surface area contributed by atoms with E-state index >= 15 is 0 Å². The van der Waals surface area contributed by atoms with Gasteiger partial charge in [-0.25, -0.2) is 4.79 Å². The van der Waals surface area contributed by atoms with Gasteiger partial charge in [0.05, 0.1) is 26.1 Å². The molecule has 6 heteroatoms. The summed E-state index contributed by atoms with van der Waals surface area (Å²) < 4.78 is 18.1. The summed E-state index contributed by atoms with van der Waals surface area (Å²) in [5, 5.41) is 4.45. The molecule has 26 heavy (non-hydrogen) atoms. The maximum absolute atomic E-state index is 12.6. The Morgan fingerprint density at radius 1 is 1.27 bits per heavy atom. The van der Waals surface area contributed by atoms with Crippen LogP contribution < -0.4 is 9.47 Å². The van der Waals surface area contributed by atoms with Crippen LogP contribution in [-0.4, -0.2) is 30.0 Å². The van der Waals surface area contributed by atoms with Crippen molar-refractivity contribution in [3.05, 3.63) is 41.2 Å². The summed E-state index contributed by atoms with van der Waals surface area (Å²) in [6.45, 7) is 4.42. The second kappa shape index (κ2) is 7.81. The molecule has 1 saturated carbocycles. The number of carbonyl (C=O) groups is 1. The molecule has 0 spiro atoms. The summed E-state index contributed by atoms with van der Waals surface area (Å²) in [7, 11) is 3.17. The van der Waals surface area contributed by atoms with Gasteiger partial charge in [-0.15, -0.1) is 0 Å². The van der Waals surface area contributed by atoms with Crippen LogP contribution in [0.1, 0.15) is 66.7 Å². The molecule has 1 aromatic heterocycles. The molecule has 2 aromatic rings. The molecule has 140 valence electrons. The lowest BCUT2D eigenvalue weighted by Crippen LogP contribution is -2.12. The number of rotatable bonds is 8. The van der Waals surface area contributed by atoms with E-state index in [0.29, 0.717) is 23.0 Å². The van der Waals surface area contributed by atoms with Crippen molar-refractivity contribution in [3.63, 3.8) is 0 Å². The van der Waals surface area contributed by atoms with Gasteiger partial charge >= 0.3 is 5.97 Å². The minimum Gasteiger partial charge on any atom is -0.493 e. The number of aromatic nitrogens is 2. The van der Waals surface area contributed by atoms with E-state index in [1.807, 2.05) is 16.8 Å². The van der Waals surface area contributed by atoms with E-state index in [4.69, 9.17) is 14.2 Å². The van der Waals surface area contributed by atoms with E-state index in [-0.39, 0.29) is 18.6 Å². The predicted octanol–water partition coefficient (Wildman–Crippen LogP) is 4.11. The van der Waals surface area contributed by atoms with E-state index in [9.17, 15) is 4.79 Å². The molecule has 6 nitrogen and oxygen atoms in total. The summed E-state index contributed by atoms with van der Waals surface area (Å²) in [5.41, 5.74) is 2.46. The van der Waals surface area contributed by atoms with Crippen LogP contribution in [-0.2, 0) is 11.3 Å². The molecule has 3 rings (SSSR count). The molecule has 1 aliphatic carbocycles. The smallest absolute Gasteiger partial charge is 0.341 e. The van der Waals surface area contributed by atoms with Crippen LogP contribution in [0.15, 0.2) is 24.4 Å². The fourth-order valence-corrected chi connectivity index (χ4v) is 3.01. The molecule has 1 aliphatic rings. The van der Waals surface area contributed by atoms with E-state index in [1.54, 1.807) is 26.5 Å². The molecule has 1 heterocycles. The quantitative estimate of drug-likeness (QED) is 0.665. The third-order valence-electron chi connectivity index (χ3n) is 4.84. The molecule has 0 bridgehead atoms. The second-order valence-electron chi connectivity index (χ2n) is 6.69. The Hall–Kier alpha value is -2.50. The minimum atomic E-state index is -0.323. The highest BCUT2D eigenvalue weighted by Crippen LogP contribution is 2.43. The monoisotopic (exact) mass is 358 g/mol. The van der Waals surface area contributed by atoms with Gasteiger partial charge in [0.2, 0.25) is 0 Å². The zero-order valence-corrected chi connectivity index (χ0v) is 15.8. The molecule has 1 fully saturated rings. The largest absolute Gasteiger partial charge is 0.493 e. The van der Waals surface area contributed by atoms with Gasteiger partial charge in [-0.1, -0.05) is 13.0 Å². The minimum absolute atomic E-state index is 0.178. The third kappa shape index (κ3) is 3.69. The van der Waals surface area contributed by atoms with Gasteiger partial charge in [-0.2, -0.15) is 5.10 Å². The second-order valence-corrected chi connectivity index (χ2v) is 6.69. The molecule has 0 saturated heterocycles. The molecule has 0 N–H and O–H groups in total. The summed E-state index contributed by atoms with van der Waals surface area (Å²) in [6.07, 6.45) is 4.84. The highest BCUT2D eigenvalue weighted by atomic mass is 16.5. The molecular weight excluding hydrogens is 332 g/mol. The van der Waals surface area contributed by atoms with Crippen LogP contribution in [0.2, 0.25) is 0 Å². The fourth-order valence-electron chi connectivity index (χ4n) is 3.01. The van der Waals surface area contributed by atoms with Crippen molar-refractivity contribution in [1.29, 1.82) is 0 Å². The van der Waals surface area contributed by atoms with Crippen LogP contribution in [0, 0.1) is 0 Å². The van der Waals surface area contributed by atoms with Gasteiger partial charge < -0.3 is 14.2 Å². The standard InChI is InChI=1S/C20H26N2O4/c1-5-13(2)22-19(15-7-8-15)16(11-21-22)20(23)26-12-14-6-9-17(24-3)18(10-14)25-4/h6,9-11,13,15H,5,7-8,12H2,1-4H3/t13-/m1/s1. The molecule has 1 aromatic carbocycles. The van der Waals surface area contributed by atoms with Crippen LogP contribution >= 0.6 is 0 Å². The van der Waals surface area contributed by atoms with Crippen molar-refractivity contribution in [1.82, 2.24) is 9.78 Å². The molecule has 0 aliphatic heterocycles. The van der Waals surface area contributed by atoms with Crippen LogP contribution in [0.3, 0.4) is 0 Å². The number of esters is 1. The lowest BCUT2D eigenvalue weighted by molar-refractivity contribution is 0.0470. The van der Waals surface area contributed by atoms with Crippen LogP contribution in [0.5, 0.6) is 11.5 Å². The van der Waals surface area contributed by atoms with Crippen molar-refractivity contribution in [2.24, 2.45) is 0 Å². The first-order valence-electron chi connectivity index (χ1n) is 9.04. The maximum Gasteiger partial charge on any atom is 0.341 e. The maximum atomic E-state index is 12.6. The Morgan fingerprint density at radius 2 is 2.00 bits per heavy atom. The number of benzene rings is 1. The topological polar surface area (TPSA) is 62.6 Å². The molecular formula is C20H26N2O4. The van der Waals surface area contributed by atoms with Crippen molar-refractivity contribution in [2.75, 3.05) is 14.2 Å². The van der Waals surface area contributed by atoms with Crippen molar-refractivity contribution in [3.8, 4) is 11.5 Å². The summed E-state index contributed by atoms with van der Waals surface area (Å²) >= 11 is 0. The molecule has 1 atom stereocenters.